The topological polar surface area (TPSA) is 97.0 Å². The van der Waals surface area contributed by atoms with E-state index in [4.69, 9.17) is 9.47 Å². The highest BCUT2D eigenvalue weighted by Crippen LogP contribution is 2.16. The van der Waals surface area contributed by atoms with Gasteiger partial charge < -0.3 is 25.0 Å². The van der Waals surface area contributed by atoms with E-state index in [0.717, 1.165) is 11.3 Å². The van der Waals surface area contributed by atoms with E-state index < -0.39 is 29.6 Å². The summed E-state index contributed by atoms with van der Waals surface area (Å²) in [5, 5.41) is 5.34. The molecule has 33 heavy (non-hydrogen) atoms. The van der Waals surface area contributed by atoms with Gasteiger partial charge in [-0.3, -0.25) is 9.59 Å². The van der Waals surface area contributed by atoms with Gasteiger partial charge in [-0.05, 0) is 57.0 Å². The van der Waals surface area contributed by atoms with Crippen LogP contribution in [0.2, 0.25) is 0 Å². The van der Waals surface area contributed by atoms with E-state index in [1.54, 1.807) is 32.9 Å². The summed E-state index contributed by atoms with van der Waals surface area (Å²) in [6, 6.07) is 15.6. The lowest BCUT2D eigenvalue weighted by Crippen LogP contribution is -2.46. The van der Waals surface area contributed by atoms with Gasteiger partial charge >= 0.3 is 12.1 Å². The van der Waals surface area contributed by atoms with Crippen LogP contribution in [0.15, 0.2) is 54.6 Å². The Labute approximate surface area is 195 Å². The average Bonchev–Trinajstić information content (AvgIpc) is 2.75. The average molecular weight is 456 g/mol. The largest absolute Gasteiger partial charge is 0.461 e. The van der Waals surface area contributed by atoms with Gasteiger partial charge in [0.25, 0.3) is 0 Å². The van der Waals surface area contributed by atoms with Crippen LogP contribution < -0.4 is 15.5 Å². The lowest BCUT2D eigenvalue weighted by Gasteiger charge is -2.23. The minimum atomic E-state index is -0.974. The van der Waals surface area contributed by atoms with Crippen molar-refractivity contribution >= 4 is 29.3 Å². The summed E-state index contributed by atoms with van der Waals surface area (Å²) >= 11 is 0. The zero-order valence-corrected chi connectivity index (χ0v) is 19.9. The standard InChI is InChI=1S/C25H33N3O5/c1-25(2,3)33-24(31)27-21(15-16-22(29)32-17-18-9-7-6-8-10-18)23(30)26-19-11-13-20(14-12-19)28(4)5/h6-14,21H,15-17H2,1-5H3,(H,26,30)(H,27,31)/t21-/m0/s1. The number of carbonyl (C=O) groups is 3. The van der Waals surface area contributed by atoms with Crippen molar-refractivity contribution < 1.29 is 23.9 Å². The molecule has 0 aromatic heterocycles. The summed E-state index contributed by atoms with van der Waals surface area (Å²) < 4.78 is 10.5. The Morgan fingerprint density at radius 2 is 1.61 bits per heavy atom. The first kappa shape index (κ1) is 25.7. The number of esters is 1. The number of amides is 2. The molecule has 0 saturated carbocycles. The molecule has 2 aromatic rings. The summed E-state index contributed by atoms with van der Waals surface area (Å²) in [7, 11) is 3.84. The van der Waals surface area contributed by atoms with Gasteiger partial charge in [-0.2, -0.15) is 0 Å². The lowest BCUT2D eigenvalue weighted by molar-refractivity contribution is -0.145. The van der Waals surface area contributed by atoms with Crippen LogP contribution in [-0.2, 0) is 25.7 Å². The summed E-state index contributed by atoms with van der Waals surface area (Å²) in [5.41, 5.74) is 1.71. The first-order valence-electron chi connectivity index (χ1n) is 10.8. The van der Waals surface area contributed by atoms with Gasteiger partial charge in [0.15, 0.2) is 0 Å². The van der Waals surface area contributed by atoms with Crippen LogP contribution in [0.25, 0.3) is 0 Å². The fourth-order valence-electron chi connectivity index (χ4n) is 2.86. The number of carbonyl (C=O) groups excluding carboxylic acids is 3. The molecule has 0 radical (unpaired) electrons. The molecule has 0 saturated heterocycles. The number of alkyl carbamates (subject to hydrolysis) is 1. The van der Waals surface area contributed by atoms with Crippen molar-refractivity contribution in [1.82, 2.24) is 5.32 Å². The Morgan fingerprint density at radius 3 is 2.18 bits per heavy atom. The van der Waals surface area contributed by atoms with E-state index in [1.165, 1.54) is 0 Å². The Bertz CT molecular complexity index is 921. The highest BCUT2D eigenvalue weighted by Gasteiger charge is 2.25. The van der Waals surface area contributed by atoms with E-state index in [2.05, 4.69) is 10.6 Å². The maximum Gasteiger partial charge on any atom is 0.408 e. The molecule has 2 N–H and O–H groups in total. The second kappa shape index (κ2) is 11.9. The summed E-state index contributed by atoms with van der Waals surface area (Å²) in [5.74, 6) is -0.910. The minimum absolute atomic E-state index is 0.0414. The summed E-state index contributed by atoms with van der Waals surface area (Å²) in [6.07, 6.45) is -0.711. The van der Waals surface area contributed by atoms with Gasteiger partial charge in [-0.25, -0.2) is 4.79 Å². The third kappa shape index (κ3) is 9.64. The Hall–Kier alpha value is -3.55. The lowest BCUT2D eigenvalue weighted by atomic mass is 10.1. The molecule has 0 aliphatic carbocycles. The minimum Gasteiger partial charge on any atom is -0.461 e. The van der Waals surface area contributed by atoms with E-state index in [0.29, 0.717) is 5.69 Å². The van der Waals surface area contributed by atoms with Gasteiger partial charge in [-0.1, -0.05) is 30.3 Å². The highest BCUT2D eigenvalue weighted by atomic mass is 16.6. The Kier molecular flexibility index (Phi) is 9.27. The number of hydrogen-bond acceptors (Lipinski definition) is 6. The molecule has 2 aromatic carbocycles. The maximum absolute atomic E-state index is 12.9. The molecule has 8 heteroatoms. The van der Waals surface area contributed by atoms with Crippen molar-refractivity contribution in [3.63, 3.8) is 0 Å². The number of benzene rings is 2. The molecule has 0 bridgehead atoms. The Morgan fingerprint density at radius 1 is 0.970 bits per heavy atom. The van der Waals surface area contributed by atoms with Crippen LogP contribution in [-0.4, -0.2) is 43.7 Å². The van der Waals surface area contributed by atoms with Crippen molar-refractivity contribution in [2.24, 2.45) is 0 Å². The van der Waals surface area contributed by atoms with E-state index in [-0.39, 0.29) is 19.4 Å². The number of anilines is 2. The van der Waals surface area contributed by atoms with E-state index >= 15 is 0 Å². The predicted octanol–water partition coefficient (Wildman–Crippen LogP) is 4.11. The highest BCUT2D eigenvalue weighted by molar-refractivity contribution is 5.97. The molecule has 178 valence electrons. The molecular weight excluding hydrogens is 422 g/mol. The second-order valence-corrected chi connectivity index (χ2v) is 8.81. The monoisotopic (exact) mass is 455 g/mol. The Balaban J connectivity index is 1.99. The predicted molar refractivity (Wildman–Crippen MR) is 128 cm³/mol. The molecule has 0 spiro atoms. The molecular formula is C25H33N3O5. The number of hydrogen-bond donors (Lipinski definition) is 2. The SMILES string of the molecule is CN(C)c1ccc(NC(=O)[C@H](CCC(=O)OCc2ccccc2)NC(=O)OC(C)(C)C)cc1. The molecule has 1 atom stereocenters. The third-order valence-corrected chi connectivity index (χ3v) is 4.54. The second-order valence-electron chi connectivity index (χ2n) is 8.81. The van der Waals surface area contributed by atoms with Crippen LogP contribution >= 0.6 is 0 Å². The molecule has 0 unspecified atom stereocenters. The van der Waals surface area contributed by atoms with Gasteiger partial charge in [0.2, 0.25) is 5.91 Å². The third-order valence-electron chi connectivity index (χ3n) is 4.54. The molecule has 0 heterocycles. The van der Waals surface area contributed by atoms with Crippen LogP contribution in [0.1, 0.15) is 39.2 Å². The van der Waals surface area contributed by atoms with Gasteiger partial charge in [0.1, 0.15) is 18.2 Å². The quantitative estimate of drug-likeness (QED) is 0.553. The summed E-state index contributed by atoms with van der Waals surface area (Å²) in [6.45, 7) is 5.34. The van der Waals surface area contributed by atoms with Crippen molar-refractivity contribution in [3.8, 4) is 0 Å². The molecule has 8 nitrogen and oxygen atoms in total. The zero-order valence-electron chi connectivity index (χ0n) is 19.9. The van der Waals surface area contributed by atoms with Gasteiger partial charge in [0, 0.05) is 31.9 Å². The normalized spacial score (nSPS) is 11.8. The fourth-order valence-corrected chi connectivity index (χ4v) is 2.86. The van der Waals surface area contributed by atoms with Crippen molar-refractivity contribution in [1.29, 1.82) is 0 Å². The molecule has 2 rings (SSSR count). The van der Waals surface area contributed by atoms with Crippen molar-refractivity contribution in [3.05, 3.63) is 60.2 Å². The van der Waals surface area contributed by atoms with Gasteiger partial charge in [0.05, 0.1) is 0 Å². The van der Waals surface area contributed by atoms with Crippen molar-refractivity contribution in [2.75, 3.05) is 24.3 Å². The van der Waals surface area contributed by atoms with Crippen LogP contribution in [0.4, 0.5) is 16.2 Å². The van der Waals surface area contributed by atoms with Crippen molar-refractivity contribution in [2.45, 2.75) is 51.9 Å². The molecule has 0 aliphatic heterocycles. The summed E-state index contributed by atoms with van der Waals surface area (Å²) in [4.78, 5) is 39.3. The van der Waals surface area contributed by atoms with Gasteiger partial charge in [-0.15, -0.1) is 0 Å². The number of rotatable bonds is 9. The fraction of sp³-hybridized carbons (Fsp3) is 0.400. The van der Waals surface area contributed by atoms with Crippen LogP contribution in [0.3, 0.4) is 0 Å². The zero-order chi connectivity index (χ0) is 24.4. The maximum atomic E-state index is 12.9. The van der Waals surface area contributed by atoms with Crippen LogP contribution in [0.5, 0.6) is 0 Å². The van der Waals surface area contributed by atoms with E-state index in [9.17, 15) is 14.4 Å². The molecule has 0 fully saturated rings. The first-order chi connectivity index (χ1) is 15.5. The molecule has 0 aliphatic rings. The smallest absolute Gasteiger partial charge is 0.408 e. The van der Waals surface area contributed by atoms with Crippen LogP contribution in [0, 0.1) is 0 Å². The number of nitrogens with one attached hydrogen (secondary N) is 2. The first-order valence-corrected chi connectivity index (χ1v) is 10.8. The van der Waals surface area contributed by atoms with E-state index in [1.807, 2.05) is 61.5 Å². The molecule has 2 amide bonds. The number of ether oxygens (including phenoxy) is 2. The number of nitrogens with zero attached hydrogens (tertiary/aromatic N) is 1.